The van der Waals surface area contributed by atoms with Crippen molar-refractivity contribution < 1.29 is 4.42 Å². The largest absolute Gasteiger partial charge is 0.454 e. The lowest BCUT2D eigenvalue weighted by atomic mass is 10.2. The quantitative estimate of drug-likeness (QED) is 0.505. The number of hydrogen-bond donors (Lipinski definition) is 0. The molecule has 0 radical (unpaired) electrons. The highest BCUT2D eigenvalue weighted by Crippen LogP contribution is 2.26. The molecule has 0 unspecified atom stereocenters. The monoisotopic (exact) mass is 416 g/mol. The standard InChI is InChI=1S/C21H18Cl2N2OS/c22-16-4-1-3-15(13-16)19-7-8-20(26-19)21(27)25-11-9-24(10-12-25)18-6-2-5-17(23)14-18/h1-8,13-14H,9-12H2. The third-order valence-electron chi connectivity index (χ3n) is 4.67. The lowest BCUT2D eigenvalue weighted by Crippen LogP contribution is -2.48. The van der Waals surface area contributed by atoms with Gasteiger partial charge < -0.3 is 14.2 Å². The molecule has 0 saturated carbocycles. The first-order valence-electron chi connectivity index (χ1n) is 8.76. The SMILES string of the molecule is S=C(c1ccc(-c2cccc(Cl)c2)o1)N1CCN(c2cccc(Cl)c2)CC1. The summed E-state index contributed by atoms with van der Waals surface area (Å²) in [5, 5.41) is 1.44. The molecule has 1 fully saturated rings. The van der Waals surface area contributed by atoms with E-state index in [4.69, 9.17) is 39.8 Å². The van der Waals surface area contributed by atoms with Crippen molar-refractivity contribution >= 4 is 46.1 Å². The summed E-state index contributed by atoms with van der Waals surface area (Å²) in [4.78, 5) is 5.26. The molecule has 138 valence electrons. The minimum atomic E-state index is 0.685. The molecule has 1 aliphatic heterocycles. The molecule has 2 aromatic carbocycles. The summed E-state index contributed by atoms with van der Waals surface area (Å²) < 4.78 is 5.99. The van der Waals surface area contributed by atoms with E-state index in [1.54, 1.807) is 0 Å². The van der Waals surface area contributed by atoms with E-state index >= 15 is 0 Å². The van der Waals surface area contributed by atoms with E-state index in [1.807, 2.05) is 54.6 Å². The number of halogens is 2. The maximum absolute atomic E-state index is 6.11. The highest BCUT2D eigenvalue weighted by Gasteiger charge is 2.22. The summed E-state index contributed by atoms with van der Waals surface area (Å²) >= 11 is 17.9. The summed E-state index contributed by atoms with van der Waals surface area (Å²) in [6.07, 6.45) is 0. The van der Waals surface area contributed by atoms with Crippen molar-refractivity contribution in [2.24, 2.45) is 0 Å². The fourth-order valence-corrected chi connectivity index (χ4v) is 3.91. The minimum Gasteiger partial charge on any atom is -0.454 e. The molecule has 1 aliphatic rings. The van der Waals surface area contributed by atoms with Gasteiger partial charge in [0, 0.05) is 47.5 Å². The number of thiocarbonyl (C=S) groups is 1. The molecule has 0 bridgehead atoms. The first-order chi connectivity index (χ1) is 13.1. The molecule has 2 heterocycles. The van der Waals surface area contributed by atoms with Crippen LogP contribution in [-0.2, 0) is 0 Å². The molecule has 0 spiro atoms. The van der Waals surface area contributed by atoms with Crippen molar-refractivity contribution in [1.82, 2.24) is 4.90 Å². The average molecular weight is 417 g/mol. The van der Waals surface area contributed by atoms with Gasteiger partial charge in [-0.2, -0.15) is 0 Å². The number of hydrogen-bond acceptors (Lipinski definition) is 3. The van der Waals surface area contributed by atoms with Crippen LogP contribution in [0, 0.1) is 0 Å². The molecule has 1 aromatic heterocycles. The second kappa shape index (κ2) is 7.93. The van der Waals surface area contributed by atoms with Crippen LogP contribution in [0.25, 0.3) is 11.3 Å². The van der Waals surface area contributed by atoms with Gasteiger partial charge in [0.25, 0.3) is 0 Å². The van der Waals surface area contributed by atoms with Crippen LogP contribution in [0.5, 0.6) is 0 Å². The minimum absolute atomic E-state index is 0.685. The Labute approximate surface area is 174 Å². The van der Waals surface area contributed by atoms with Crippen LogP contribution in [0.3, 0.4) is 0 Å². The Morgan fingerprint density at radius 2 is 1.56 bits per heavy atom. The molecule has 1 saturated heterocycles. The van der Waals surface area contributed by atoms with Gasteiger partial charge in [0.2, 0.25) is 0 Å². The van der Waals surface area contributed by atoms with Crippen LogP contribution in [0.15, 0.2) is 65.1 Å². The number of furan rings is 1. The van der Waals surface area contributed by atoms with Gasteiger partial charge in [-0.1, -0.05) is 53.6 Å². The first kappa shape index (κ1) is 18.4. The molecule has 27 heavy (non-hydrogen) atoms. The maximum Gasteiger partial charge on any atom is 0.162 e. The third kappa shape index (κ3) is 4.13. The molecule has 0 atom stereocenters. The van der Waals surface area contributed by atoms with E-state index in [0.717, 1.165) is 59.0 Å². The van der Waals surface area contributed by atoms with Crippen molar-refractivity contribution in [1.29, 1.82) is 0 Å². The Kier molecular flexibility index (Phi) is 5.39. The zero-order valence-electron chi connectivity index (χ0n) is 14.6. The zero-order valence-corrected chi connectivity index (χ0v) is 16.9. The lowest BCUT2D eigenvalue weighted by Gasteiger charge is -2.37. The van der Waals surface area contributed by atoms with Crippen LogP contribution < -0.4 is 4.90 Å². The smallest absolute Gasteiger partial charge is 0.162 e. The van der Waals surface area contributed by atoms with Gasteiger partial charge in [0.05, 0.1) is 0 Å². The Morgan fingerprint density at radius 3 is 2.26 bits per heavy atom. The van der Waals surface area contributed by atoms with Crippen LogP contribution in [0.1, 0.15) is 5.76 Å². The van der Waals surface area contributed by atoms with E-state index in [9.17, 15) is 0 Å². The van der Waals surface area contributed by atoms with Crippen molar-refractivity contribution in [2.75, 3.05) is 31.1 Å². The molecule has 0 amide bonds. The van der Waals surface area contributed by atoms with Crippen molar-refractivity contribution in [3.63, 3.8) is 0 Å². The molecular formula is C21H18Cl2N2OS. The Bertz CT molecular complexity index is 964. The number of anilines is 1. The van der Waals surface area contributed by atoms with E-state index in [2.05, 4.69) is 15.9 Å². The fourth-order valence-electron chi connectivity index (χ4n) is 3.25. The van der Waals surface area contributed by atoms with Gasteiger partial charge in [-0.3, -0.25) is 0 Å². The molecule has 4 rings (SSSR count). The zero-order chi connectivity index (χ0) is 18.8. The number of nitrogens with zero attached hydrogens (tertiary/aromatic N) is 2. The fraction of sp³-hybridized carbons (Fsp3) is 0.190. The highest BCUT2D eigenvalue weighted by molar-refractivity contribution is 7.80. The molecule has 3 aromatic rings. The number of piperazine rings is 1. The summed E-state index contributed by atoms with van der Waals surface area (Å²) in [5.74, 6) is 1.49. The van der Waals surface area contributed by atoms with Gasteiger partial charge in [0.15, 0.2) is 5.76 Å². The molecule has 0 N–H and O–H groups in total. The maximum atomic E-state index is 6.11. The van der Waals surface area contributed by atoms with Crippen molar-refractivity contribution in [3.05, 3.63) is 76.5 Å². The summed E-state index contributed by atoms with van der Waals surface area (Å²) in [7, 11) is 0. The predicted molar refractivity (Wildman–Crippen MR) is 116 cm³/mol. The molecule has 0 aliphatic carbocycles. The Morgan fingerprint density at radius 1 is 0.852 bits per heavy atom. The molecule has 6 heteroatoms. The molecule has 3 nitrogen and oxygen atoms in total. The van der Waals surface area contributed by atoms with Crippen LogP contribution in [-0.4, -0.2) is 36.1 Å². The topological polar surface area (TPSA) is 19.6 Å². The average Bonchev–Trinajstić information content (AvgIpc) is 3.18. The molecular weight excluding hydrogens is 399 g/mol. The number of benzene rings is 2. The van der Waals surface area contributed by atoms with E-state index in [0.29, 0.717) is 5.02 Å². The Balaban J connectivity index is 1.42. The van der Waals surface area contributed by atoms with Crippen LogP contribution in [0.2, 0.25) is 10.0 Å². The van der Waals surface area contributed by atoms with Crippen LogP contribution in [0.4, 0.5) is 5.69 Å². The van der Waals surface area contributed by atoms with E-state index in [-0.39, 0.29) is 0 Å². The normalized spacial score (nSPS) is 14.4. The van der Waals surface area contributed by atoms with E-state index in [1.165, 1.54) is 0 Å². The number of rotatable bonds is 3. The van der Waals surface area contributed by atoms with Gasteiger partial charge >= 0.3 is 0 Å². The van der Waals surface area contributed by atoms with Gasteiger partial charge in [0.1, 0.15) is 10.7 Å². The first-order valence-corrected chi connectivity index (χ1v) is 9.92. The van der Waals surface area contributed by atoms with Gasteiger partial charge in [-0.05, 0) is 42.5 Å². The van der Waals surface area contributed by atoms with Gasteiger partial charge in [-0.25, -0.2) is 0 Å². The summed E-state index contributed by atoms with van der Waals surface area (Å²) in [5.41, 5.74) is 2.09. The third-order valence-corrected chi connectivity index (χ3v) is 5.60. The van der Waals surface area contributed by atoms with Gasteiger partial charge in [-0.15, -0.1) is 0 Å². The second-order valence-electron chi connectivity index (χ2n) is 6.43. The van der Waals surface area contributed by atoms with Crippen molar-refractivity contribution in [2.45, 2.75) is 0 Å². The lowest BCUT2D eigenvalue weighted by molar-refractivity contribution is 0.385. The van der Waals surface area contributed by atoms with Crippen LogP contribution >= 0.6 is 35.4 Å². The summed E-state index contributed by atoms with van der Waals surface area (Å²) in [6.45, 7) is 3.47. The van der Waals surface area contributed by atoms with E-state index < -0.39 is 0 Å². The Hall–Kier alpha value is -2.01. The summed E-state index contributed by atoms with van der Waals surface area (Å²) in [6, 6.07) is 19.4. The highest BCUT2D eigenvalue weighted by atomic mass is 35.5. The van der Waals surface area contributed by atoms with Crippen molar-refractivity contribution in [3.8, 4) is 11.3 Å². The second-order valence-corrected chi connectivity index (χ2v) is 7.69. The predicted octanol–water partition coefficient (Wildman–Crippen LogP) is 5.75.